The summed E-state index contributed by atoms with van der Waals surface area (Å²) in [5.41, 5.74) is 4.44. The monoisotopic (exact) mass is 336 g/mol. The van der Waals surface area contributed by atoms with Crippen molar-refractivity contribution >= 4 is 11.7 Å². The maximum absolute atomic E-state index is 13.1. The van der Waals surface area contributed by atoms with E-state index in [0.29, 0.717) is 12.5 Å². The molecule has 0 bridgehead atoms. The number of nitrogens with one attached hydrogen (secondary N) is 1. The zero-order valence-electron chi connectivity index (χ0n) is 15.5. The van der Waals surface area contributed by atoms with Gasteiger partial charge >= 0.3 is 6.03 Å². The van der Waals surface area contributed by atoms with E-state index in [4.69, 9.17) is 0 Å². The second-order valence-corrected chi connectivity index (χ2v) is 7.08. The van der Waals surface area contributed by atoms with Crippen LogP contribution in [-0.2, 0) is 13.0 Å². The molecule has 1 unspecified atom stereocenters. The van der Waals surface area contributed by atoms with Gasteiger partial charge in [0.25, 0.3) is 0 Å². The van der Waals surface area contributed by atoms with Crippen molar-refractivity contribution in [2.24, 2.45) is 5.92 Å². The van der Waals surface area contributed by atoms with E-state index in [1.165, 1.54) is 24.0 Å². The smallest absolute Gasteiger partial charge is 0.317 e. The third kappa shape index (κ3) is 4.22. The Morgan fingerprint density at radius 2 is 1.88 bits per heavy atom. The van der Waals surface area contributed by atoms with E-state index in [0.717, 1.165) is 17.7 Å². The van der Waals surface area contributed by atoms with E-state index in [9.17, 15) is 4.79 Å². The Balaban J connectivity index is 1.82. The average molecular weight is 336 g/mol. The Labute approximate surface area is 151 Å². The molecular formula is C22H28N2O. The molecule has 25 heavy (non-hydrogen) atoms. The molecule has 0 aromatic heterocycles. The van der Waals surface area contributed by atoms with E-state index in [2.05, 4.69) is 56.4 Å². The van der Waals surface area contributed by atoms with Gasteiger partial charge in [0, 0.05) is 18.3 Å². The lowest BCUT2D eigenvalue weighted by molar-refractivity contribution is 0.180. The number of amides is 2. The summed E-state index contributed by atoms with van der Waals surface area (Å²) < 4.78 is 0. The molecule has 0 radical (unpaired) electrons. The Morgan fingerprint density at radius 3 is 2.52 bits per heavy atom. The number of benzene rings is 2. The van der Waals surface area contributed by atoms with E-state index < -0.39 is 0 Å². The maximum Gasteiger partial charge on any atom is 0.322 e. The quantitative estimate of drug-likeness (QED) is 0.753. The highest BCUT2D eigenvalue weighted by Gasteiger charge is 2.34. The Hall–Kier alpha value is -2.29. The molecule has 0 heterocycles. The van der Waals surface area contributed by atoms with Crippen LogP contribution in [0.15, 0.2) is 48.5 Å². The van der Waals surface area contributed by atoms with Gasteiger partial charge in [0.2, 0.25) is 0 Å². The Morgan fingerprint density at radius 1 is 1.16 bits per heavy atom. The molecule has 1 aliphatic rings. The zero-order valence-corrected chi connectivity index (χ0v) is 15.5. The lowest BCUT2D eigenvalue weighted by Crippen LogP contribution is -2.42. The summed E-state index contributed by atoms with van der Waals surface area (Å²) in [4.78, 5) is 15.1. The van der Waals surface area contributed by atoms with Crippen LogP contribution in [0.2, 0.25) is 0 Å². The third-order valence-corrected chi connectivity index (χ3v) is 5.22. The Kier molecular flexibility index (Phi) is 5.42. The minimum absolute atomic E-state index is 0.00672. The van der Waals surface area contributed by atoms with Crippen LogP contribution >= 0.6 is 0 Å². The fourth-order valence-electron chi connectivity index (χ4n) is 3.39. The molecule has 3 nitrogen and oxygen atoms in total. The molecular weight excluding hydrogens is 308 g/mol. The second-order valence-electron chi connectivity index (χ2n) is 7.08. The first-order chi connectivity index (χ1) is 12.1. The van der Waals surface area contributed by atoms with E-state index in [1.54, 1.807) is 0 Å². The predicted octanol–water partition coefficient (Wildman–Crippen LogP) is 5.39. The number of hydrogen-bond donors (Lipinski definition) is 1. The van der Waals surface area contributed by atoms with E-state index >= 15 is 0 Å². The largest absolute Gasteiger partial charge is 0.322 e. The molecule has 3 heteroatoms. The lowest BCUT2D eigenvalue weighted by atomic mass is 10.1. The van der Waals surface area contributed by atoms with Crippen LogP contribution in [-0.4, -0.2) is 17.0 Å². The highest BCUT2D eigenvalue weighted by atomic mass is 16.2. The number of para-hydroxylation sites is 1. The molecule has 1 saturated carbocycles. The van der Waals surface area contributed by atoms with Crippen molar-refractivity contribution in [3.05, 3.63) is 65.2 Å². The van der Waals surface area contributed by atoms with Gasteiger partial charge < -0.3 is 10.2 Å². The molecule has 1 fully saturated rings. The second kappa shape index (κ2) is 7.73. The summed E-state index contributed by atoms with van der Waals surface area (Å²) in [5, 5.41) is 3.20. The molecule has 1 atom stereocenters. The summed E-state index contributed by atoms with van der Waals surface area (Å²) in [7, 11) is 0. The molecule has 2 aromatic carbocycles. The van der Waals surface area contributed by atoms with Gasteiger partial charge in [0.1, 0.15) is 0 Å². The van der Waals surface area contributed by atoms with E-state index in [1.807, 2.05) is 23.1 Å². The molecule has 2 amide bonds. The van der Waals surface area contributed by atoms with Crippen LogP contribution in [0.25, 0.3) is 0 Å². The van der Waals surface area contributed by atoms with Crippen molar-refractivity contribution in [3.8, 4) is 0 Å². The first-order valence-corrected chi connectivity index (χ1v) is 9.30. The number of anilines is 1. The summed E-state index contributed by atoms with van der Waals surface area (Å²) >= 11 is 0. The Bertz CT molecular complexity index is 722. The zero-order chi connectivity index (χ0) is 17.8. The summed E-state index contributed by atoms with van der Waals surface area (Å²) in [6.45, 7) is 7.01. The highest BCUT2D eigenvalue weighted by Crippen LogP contribution is 2.36. The number of rotatable bonds is 6. The van der Waals surface area contributed by atoms with Crippen molar-refractivity contribution in [1.82, 2.24) is 4.90 Å². The topological polar surface area (TPSA) is 32.3 Å². The van der Waals surface area contributed by atoms with Crippen molar-refractivity contribution in [1.29, 1.82) is 0 Å². The molecule has 132 valence electrons. The summed E-state index contributed by atoms with van der Waals surface area (Å²) in [5.74, 6) is 0.636. The van der Waals surface area contributed by atoms with Crippen LogP contribution in [0.5, 0.6) is 0 Å². The van der Waals surface area contributed by atoms with Gasteiger partial charge in [-0.1, -0.05) is 55.5 Å². The molecule has 0 spiro atoms. The van der Waals surface area contributed by atoms with Gasteiger partial charge in [-0.2, -0.15) is 0 Å². The number of carbonyl (C=O) groups is 1. The molecule has 1 N–H and O–H groups in total. The van der Waals surface area contributed by atoms with Crippen LogP contribution in [0.1, 0.15) is 43.4 Å². The van der Waals surface area contributed by atoms with E-state index in [-0.39, 0.29) is 12.1 Å². The first-order valence-electron chi connectivity index (χ1n) is 9.30. The summed E-state index contributed by atoms with van der Waals surface area (Å²) in [6, 6.07) is 16.7. The predicted molar refractivity (Wildman–Crippen MR) is 104 cm³/mol. The average Bonchev–Trinajstić information content (AvgIpc) is 3.46. The third-order valence-electron chi connectivity index (χ3n) is 5.22. The van der Waals surface area contributed by atoms with Gasteiger partial charge in [-0.05, 0) is 55.7 Å². The van der Waals surface area contributed by atoms with Gasteiger partial charge in [-0.3, -0.25) is 0 Å². The molecule has 1 aliphatic carbocycles. The number of nitrogens with zero attached hydrogens (tertiary/aromatic N) is 1. The minimum Gasteiger partial charge on any atom is -0.317 e. The normalized spacial score (nSPS) is 14.8. The molecule has 3 rings (SSSR count). The number of hydrogen-bond acceptors (Lipinski definition) is 1. The lowest BCUT2D eigenvalue weighted by Gasteiger charge is -2.30. The van der Waals surface area contributed by atoms with Crippen molar-refractivity contribution in [3.63, 3.8) is 0 Å². The fourth-order valence-corrected chi connectivity index (χ4v) is 3.39. The van der Waals surface area contributed by atoms with Crippen LogP contribution < -0.4 is 5.32 Å². The number of urea groups is 1. The molecule has 0 aliphatic heterocycles. The molecule has 0 saturated heterocycles. The van der Waals surface area contributed by atoms with Crippen LogP contribution in [0, 0.1) is 12.8 Å². The van der Waals surface area contributed by atoms with Crippen molar-refractivity contribution in [2.45, 2.75) is 52.6 Å². The van der Waals surface area contributed by atoms with Gasteiger partial charge in [-0.15, -0.1) is 0 Å². The number of aryl methyl sites for hydroxylation is 2. The van der Waals surface area contributed by atoms with Gasteiger partial charge in [0.05, 0.1) is 0 Å². The first kappa shape index (κ1) is 17.5. The molecule has 2 aromatic rings. The standard InChI is InChI=1S/C22H28N2O/c1-4-19-12-8-9-16(2)21(19)23-22(25)24(17(3)20-13-14-20)15-18-10-6-5-7-11-18/h5-12,17,20H,4,13-15H2,1-3H3,(H,23,25). The SMILES string of the molecule is CCc1cccc(C)c1NC(=O)N(Cc1ccccc1)C(C)C1CC1. The maximum atomic E-state index is 13.1. The summed E-state index contributed by atoms with van der Waals surface area (Å²) in [6.07, 6.45) is 3.36. The number of carbonyl (C=O) groups excluding carboxylic acids is 1. The van der Waals surface area contributed by atoms with Crippen molar-refractivity contribution < 1.29 is 4.79 Å². The van der Waals surface area contributed by atoms with Crippen LogP contribution in [0.4, 0.5) is 10.5 Å². The highest BCUT2D eigenvalue weighted by molar-refractivity contribution is 5.91. The van der Waals surface area contributed by atoms with Crippen LogP contribution in [0.3, 0.4) is 0 Å². The van der Waals surface area contributed by atoms with Gasteiger partial charge in [-0.25, -0.2) is 4.79 Å². The van der Waals surface area contributed by atoms with Gasteiger partial charge in [0.15, 0.2) is 0 Å². The van der Waals surface area contributed by atoms with Crippen molar-refractivity contribution in [2.75, 3.05) is 5.32 Å². The fraction of sp³-hybridized carbons (Fsp3) is 0.409. The minimum atomic E-state index is 0.00672.